The number of hydroxylamine groups is 1. The Kier molecular flexibility index (Phi) is 1.41. The summed E-state index contributed by atoms with van der Waals surface area (Å²) in [6.07, 6.45) is 2.98. The number of hydrogen-bond donors (Lipinski definition) is 1. The number of fused-ring (bicyclic) bond motifs is 3. The van der Waals surface area contributed by atoms with Crippen LogP contribution in [0.5, 0.6) is 0 Å². The third kappa shape index (κ3) is 0.891. The molecule has 0 fully saturated rings. The Morgan fingerprint density at radius 2 is 2.07 bits per heavy atom. The zero-order valence-electron chi connectivity index (χ0n) is 7.27. The van der Waals surface area contributed by atoms with Crippen LogP contribution in [0.2, 0.25) is 0 Å². The molecule has 1 atom stereocenters. The van der Waals surface area contributed by atoms with E-state index in [9.17, 15) is 5.21 Å². The van der Waals surface area contributed by atoms with Crippen molar-refractivity contribution in [3.05, 3.63) is 35.7 Å². The molecule has 1 aliphatic rings. The summed E-state index contributed by atoms with van der Waals surface area (Å²) in [5.74, 6) is 0. The maximum Gasteiger partial charge on any atom is 0.194 e. The molecule has 0 amide bonds. The molecule has 1 aliphatic heterocycles. The second kappa shape index (κ2) is 2.60. The average molecular weight is 185 g/mol. The van der Waals surface area contributed by atoms with Gasteiger partial charge in [-0.3, -0.25) is 10.0 Å². The normalized spacial score (nSPS) is 18.8. The summed E-state index contributed by atoms with van der Waals surface area (Å²) in [6.45, 7) is 0. The van der Waals surface area contributed by atoms with Gasteiger partial charge in [0.25, 0.3) is 0 Å². The van der Waals surface area contributed by atoms with E-state index in [-0.39, 0.29) is 5.06 Å². The van der Waals surface area contributed by atoms with Crippen LogP contribution in [0.1, 0.15) is 0 Å². The molecule has 0 saturated carbocycles. The maximum absolute atomic E-state index is 11.5. The lowest BCUT2D eigenvalue weighted by Gasteiger charge is -2.12. The molecule has 14 heavy (non-hydrogen) atoms. The van der Waals surface area contributed by atoms with Crippen molar-refractivity contribution < 1.29 is 5.06 Å². The minimum Gasteiger partial charge on any atom is -0.623 e. The molecule has 4 nitrogen and oxygen atoms in total. The monoisotopic (exact) mass is 185 g/mol. The zero-order valence-corrected chi connectivity index (χ0v) is 7.27. The number of nitrogens with one attached hydrogen (secondary N) is 1. The Bertz CT molecular complexity index is 536. The van der Waals surface area contributed by atoms with Crippen LogP contribution < -0.4 is 5.06 Å². The van der Waals surface area contributed by atoms with Crippen molar-refractivity contribution in [1.82, 2.24) is 4.98 Å². The number of aliphatic imine (C=N–C) groups is 1. The second-order valence-corrected chi connectivity index (χ2v) is 3.16. The fraction of sp³-hybridized carbons (Fsp3) is 0. The van der Waals surface area contributed by atoms with Crippen molar-refractivity contribution in [1.29, 1.82) is 0 Å². The molecule has 1 aromatic carbocycles. The fourth-order valence-corrected chi connectivity index (χ4v) is 1.68. The summed E-state index contributed by atoms with van der Waals surface area (Å²) in [7, 11) is 0. The fourth-order valence-electron chi connectivity index (χ4n) is 1.68. The van der Waals surface area contributed by atoms with E-state index in [1.54, 1.807) is 6.20 Å². The first-order valence-corrected chi connectivity index (χ1v) is 4.32. The van der Waals surface area contributed by atoms with Crippen LogP contribution >= 0.6 is 0 Å². The van der Waals surface area contributed by atoms with Gasteiger partial charge in [-0.2, -0.15) is 4.99 Å². The van der Waals surface area contributed by atoms with Crippen molar-refractivity contribution in [2.75, 3.05) is 0 Å². The molecule has 0 radical (unpaired) electrons. The van der Waals surface area contributed by atoms with Crippen LogP contribution in [0.15, 0.2) is 35.5 Å². The highest BCUT2D eigenvalue weighted by molar-refractivity contribution is 5.95. The van der Waals surface area contributed by atoms with Crippen LogP contribution in [-0.4, -0.2) is 11.3 Å². The first-order chi connectivity index (χ1) is 6.86. The van der Waals surface area contributed by atoms with E-state index in [0.29, 0.717) is 11.4 Å². The van der Waals surface area contributed by atoms with Crippen LogP contribution in [0.4, 0.5) is 11.4 Å². The highest BCUT2D eigenvalue weighted by Gasteiger charge is 2.18. The number of nitrogens with zero attached hydrogens (tertiary/aromatic N) is 2. The number of quaternary nitrogens is 1. The van der Waals surface area contributed by atoms with Gasteiger partial charge in [-0.1, -0.05) is 12.1 Å². The molecule has 0 bridgehead atoms. The summed E-state index contributed by atoms with van der Waals surface area (Å²) in [5.41, 5.74) is 2.19. The summed E-state index contributed by atoms with van der Waals surface area (Å²) in [4.78, 5) is 8.21. The lowest BCUT2D eigenvalue weighted by Crippen LogP contribution is -2.99. The minimum absolute atomic E-state index is 0.0291. The Morgan fingerprint density at radius 3 is 3.00 bits per heavy atom. The summed E-state index contributed by atoms with van der Waals surface area (Å²) in [6, 6.07) is 7.59. The first kappa shape index (κ1) is 7.61. The van der Waals surface area contributed by atoms with Gasteiger partial charge in [0.05, 0.1) is 17.1 Å². The highest BCUT2D eigenvalue weighted by Crippen LogP contribution is 2.29. The van der Waals surface area contributed by atoms with Crippen LogP contribution in [0.25, 0.3) is 10.9 Å². The average Bonchev–Trinajstić information content (AvgIpc) is 2.61. The predicted octanol–water partition coefficient (Wildman–Crippen LogP) is 0.922. The number of benzene rings is 1. The molecule has 0 saturated heterocycles. The SMILES string of the molecule is [O-][NH+]1C=Nc2cnc3ccccc3c21. The van der Waals surface area contributed by atoms with Crippen molar-refractivity contribution in [3.63, 3.8) is 0 Å². The number of pyridine rings is 1. The second-order valence-electron chi connectivity index (χ2n) is 3.16. The van der Waals surface area contributed by atoms with Gasteiger partial charge in [0.15, 0.2) is 12.0 Å². The van der Waals surface area contributed by atoms with Crippen molar-refractivity contribution >= 4 is 28.6 Å². The van der Waals surface area contributed by atoms with Crippen molar-refractivity contribution in [3.8, 4) is 0 Å². The van der Waals surface area contributed by atoms with Gasteiger partial charge < -0.3 is 5.21 Å². The van der Waals surface area contributed by atoms with Crippen LogP contribution in [-0.2, 0) is 0 Å². The summed E-state index contributed by atoms with van der Waals surface area (Å²) < 4.78 is 0. The molecule has 1 unspecified atom stereocenters. The van der Waals surface area contributed by atoms with Crippen LogP contribution in [0.3, 0.4) is 0 Å². The lowest BCUT2D eigenvalue weighted by molar-refractivity contribution is -0.653. The molecule has 68 valence electrons. The van der Waals surface area contributed by atoms with Gasteiger partial charge in [0.1, 0.15) is 5.69 Å². The van der Waals surface area contributed by atoms with Gasteiger partial charge >= 0.3 is 0 Å². The van der Waals surface area contributed by atoms with Gasteiger partial charge in [0, 0.05) is 0 Å². The number of aromatic nitrogens is 1. The number of para-hydroxylation sites is 1. The highest BCUT2D eigenvalue weighted by atomic mass is 16.5. The number of hydrogen-bond acceptors (Lipinski definition) is 3. The molecule has 0 aliphatic carbocycles. The quantitative estimate of drug-likeness (QED) is 0.620. The summed E-state index contributed by atoms with van der Waals surface area (Å²) in [5, 5.41) is 12.4. The number of rotatable bonds is 0. The Hall–Kier alpha value is -1.78. The van der Waals surface area contributed by atoms with E-state index in [0.717, 1.165) is 10.9 Å². The van der Waals surface area contributed by atoms with E-state index < -0.39 is 0 Å². The molecular weight excluding hydrogens is 178 g/mol. The molecule has 2 heterocycles. The van der Waals surface area contributed by atoms with Gasteiger partial charge in [-0.15, -0.1) is 0 Å². The largest absolute Gasteiger partial charge is 0.623 e. The Balaban J connectivity index is 2.44. The van der Waals surface area contributed by atoms with Gasteiger partial charge in [-0.25, -0.2) is 0 Å². The molecule has 4 heteroatoms. The van der Waals surface area contributed by atoms with Crippen molar-refractivity contribution in [2.24, 2.45) is 4.99 Å². The van der Waals surface area contributed by atoms with E-state index in [4.69, 9.17) is 0 Å². The minimum atomic E-state index is -0.0291. The first-order valence-electron chi connectivity index (χ1n) is 4.32. The predicted molar refractivity (Wildman–Crippen MR) is 53.9 cm³/mol. The molecule has 3 rings (SSSR count). The third-order valence-corrected chi connectivity index (χ3v) is 2.32. The topological polar surface area (TPSA) is 52.8 Å². The van der Waals surface area contributed by atoms with E-state index >= 15 is 0 Å². The van der Waals surface area contributed by atoms with Crippen LogP contribution in [0, 0.1) is 5.21 Å². The zero-order chi connectivity index (χ0) is 9.54. The smallest absolute Gasteiger partial charge is 0.194 e. The van der Waals surface area contributed by atoms with Gasteiger partial charge in [0.2, 0.25) is 0 Å². The van der Waals surface area contributed by atoms with Crippen molar-refractivity contribution in [2.45, 2.75) is 0 Å². The third-order valence-electron chi connectivity index (χ3n) is 2.32. The summed E-state index contributed by atoms with van der Waals surface area (Å²) >= 11 is 0. The van der Waals surface area contributed by atoms with Gasteiger partial charge in [-0.05, 0) is 12.1 Å². The van der Waals surface area contributed by atoms with E-state index in [2.05, 4.69) is 9.98 Å². The van der Waals surface area contributed by atoms with E-state index in [1.807, 2.05) is 24.3 Å². The molecule has 1 N–H and O–H groups in total. The Morgan fingerprint density at radius 1 is 1.21 bits per heavy atom. The molecule has 2 aromatic rings. The molecule has 0 spiro atoms. The molecule has 1 aromatic heterocycles. The Labute approximate surface area is 80.1 Å². The molecular formula is C10H7N3O. The maximum atomic E-state index is 11.5. The lowest BCUT2D eigenvalue weighted by atomic mass is 10.2. The van der Waals surface area contributed by atoms with E-state index in [1.165, 1.54) is 6.34 Å². The standard InChI is InChI=1S/C10H7N3O/c14-13-6-12-9-5-11-8-4-2-1-3-7(8)10(9)13/h1-6,13H.